The predicted molar refractivity (Wildman–Crippen MR) is 88.0 cm³/mol. The number of pyridine rings is 1. The average molecular weight is 309 g/mol. The Labute approximate surface area is 135 Å². The van der Waals surface area contributed by atoms with Crippen LogP contribution in [0.2, 0.25) is 0 Å². The van der Waals surface area contributed by atoms with E-state index in [0.29, 0.717) is 18.5 Å². The van der Waals surface area contributed by atoms with Gasteiger partial charge in [-0.1, -0.05) is 18.2 Å². The Morgan fingerprint density at radius 1 is 1.09 bits per heavy atom. The summed E-state index contributed by atoms with van der Waals surface area (Å²) in [5.74, 6) is -0.265. The van der Waals surface area contributed by atoms with Crippen molar-refractivity contribution in [3.05, 3.63) is 60.4 Å². The molecule has 0 radical (unpaired) electrons. The molecule has 23 heavy (non-hydrogen) atoms. The Balaban J connectivity index is 1.76. The second kappa shape index (κ2) is 7.05. The third-order valence-corrected chi connectivity index (χ3v) is 4.02. The lowest BCUT2D eigenvalue weighted by molar-refractivity contribution is -0.121. The first-order valence-electron chi connectivity index (χ1n) is 7.82. The maximum absolute atomic E-state index is 12.7. The number of nitrogens with zero attached hydrogens (tertiary/aromatic N) is 2. The van der Waals surface area contributed by atoms with Crippen LogP contribution in [0.25, 0.3) is 0 Å². The van der Waals surface area contributed by atoms with Crippen LogP contribution in [0, 0.1) is 0 Å². The van der Waals surface area contributed by atoms with Crippen molar-refractivity contribution in [2.24, 2.45) is 0 Å². The predicted octanol–water partition coefficient (Wildman–Crippen LogP) is 2.72. The van der Waals surface area contributed by atoms with Gasteiger partial charge in [0.1, 0.15) is 6.04 Å². The van der Waals surface area contributed by atoms with Crippen molar-refractivity contribution in [1.29, 1.82) is 0 Å². The molecule has 3 rings (SSSR count). The number of para-hydroxylation sites is 1. The Bertz CT molecular complexity index is 673. The first-order valence-corrected chi connectivity index (χ1v) is 7.82. The SMILES string of the molecule is O=C(Nc1ccccc1)C1CCCCN1C(=O)c1cccnc1. The summed E-state index contributed by atoms with van der Waals surface area (Å²) in [6, 6.07) is 12.4. The van der Waals surface area contributed by atoms with Crippen molar-refractivity contribution in [3.63, 3.8) is 0 Å². The molecule has 118 valence electrons. The second-order valence-corrected chi connectivity index (χ2v) is 5.61. The van der Waals surface area contributed by atoms with Crippen molar-refractivity contribution in [1.82, 2.24) is 9.88 Å². The fourth-order valence-electron chi connectivity index (χ4n) is 2.85. The summed E-state index contributed by atoms with van der Waals surface area (Å²) < 4.78 is 0. The summed E-state index contributed by atoms with van der Waals surface area (Å²) in [5.41, 5.74) is 1.27. The summed E-state index contributed by atoms with van der Waals surface area (Å²) in [6.07, 6.45) is 5.73. The minimum Gasteiger partial charge on any atom is -0.327 e. The summed E-state index contributed by atoms with van der Waals surface area (Å²) >= 11 is 0. The number of benzene rings is 1. The number of aromatic nitrogens is 1. The molecular weight excluding hydrogens is 290 g/mol. The number of rotatable bonds is 3. The monoisotopic (exact) mass is 309 g/mol. The molecule has 1 aliphatic rings. The molecule has 5 nitrogen and oxygen atoms in total. The van der Waals surface area contributed by atoms with Gasteiger partial charge in [-0.25, -0.2) is 0 Å². The molecule has 2 heterocycles. The topological polar surface area (TPSA) is 62.3 Å². The van der Waals surface area contributed by atoms with E-state index < -0.39 is 6.04 Å². The highest BCUT2D eigenvalue weighted by Crippen LogP contribution is 2.21. The highest BCUT2D eigenvalue weighted by Gasteiger charge is 2.32. The van der Waals surface area contributed by atoms with Crippen LogP contribution in [0.15, 0.2) is 54.9 Å². The van der Waals surface area contributed by atoms with Crippen LogP contribution in [-0.4, -0.2) is 34.3 Å². The molecule has 0 saturated carbocycles. The lowest BCUT2D eigenvalue weighted by atomic mass is 10.00. The molecule has 5 heteroatoms. The van der Waals surface area contributed by atoms with Gasteiger partial charge in [-0.05, 0) is 43.5 Å². The molecule has 1 saturated heterocycles. The summed E-state index contributed by atoms with van der Waals surface area (Å²) in [6.45, 7) is 0.598. The minimum absolute atomic E-state index is 0.131. The van der Waals surface area contributed by atoms with Crippen LogP contribution in [0.5, 0.6) is 0 Å². The molecule has 0 aliphatic carbocycles. The number of hydrogen-bond acceptors (Lipinski definition) is 3. The zero-order chi connectivity index (χ0) is 16.1. The molecule has 1 aliphatic heterocycles. The van der Waals surface area contributed by atoms with Crippen molar-refractivity contribution in [2.45, 2.75) is 25.3 Å². The Morgan fingerprint density at radius 2 is 1.91 bits per heavy atom. The van der Waals surface area contributed by atoms with Gasteiger partial charge >= 0.3 is 0 Å². The maximum atomic E-state index is 12.7. The van der Waals surface area contributed by atoms with Crippen LogP contribution < -0.4 is 5.32 Å². The zero-order valence-electron chi connectivity index (χ0n) is 12.8. The standard InChI is InChI=1S/C18H19N3O2/c22-17(20-15-8-2-1-3-9-15)16-10-4-5-12-21(16)18(23)14-7-6-11-19-13-14/h1-3,6-9,11,13,16H,4-5,10,12H2,(H,20,22). The molecule has 2 amide bonds. The average Bonchev–Trinajstić information content (AvgIpc) is 2.62. The molecule has 0 spiro atoms. The van der Waals surface area contributed by atoms with E-state index in [1.807, 2.05) is 30.3 Å². The van der Waals surface area contributed by atoms with Gasteiger partial charge in [0, 0.05) is 24.6 Å². The summed E-state index contributed by atoms with van der Waals surface area (Å²) in [7, 11) is 0. The smallest absolute Gasteiger partial charge is 0.256 e. The van der Waals surface area contributed by atoms with E-state index >= 15 is 0 Å². The van der Waals surface area contributed by atoms with Gasteiger partial charge in [0.2, 0.25) is 5.91 Å². The number of hydrogen-bond donors (Lipinski definition) is 1. The highest BCUT2D eigenvalue weighted by atomic mass is 16.2. The Kier molecular flexibility index (Phi) is 4.66. The van der Waals surface area contributed by atoms with Gasteiger partial charge in [0.15, 0.2) is 0 Å². The zero-order valence-corrected chi connectivity index (χ0v) is 12.8. The normalized spacial score (nSPS) is 17.6. The fraction of sp³-hybridized carbons (Fsp3) is 0.278. The summed E-state index contributed by atoms with van der Waals surface area (Å²) in [5, 5.41) is 2.90. The van der Waals surface area contributed by atoms with E-state index in [0.717, 1.165) is 18.5 Å². The summed E-state index contributed by atoms with van der Waals surface area (Å²) in [4.78, 5) is 30.9. The number of piperidine rings is 1. The maximum Gasteiger partial charge on any atom is 0.256 e. The minimum atomic E-state index is -0.434. The molecule has 1 atom stereocenters. The van der Waals surface area contributed by atoms with Gasteiger partial charge < -0.3 is 10.2 Å². The molecule has 0 bridgehead atoms. The second-order valence-electron chi connectivity index (χ2n) is 5.61. The molecule has 2 aromatic rings. The third-order valence-electron chi connectivity index (χ3n) is 4.02. The van der Waals surface area contributed by atoms with Crippen molar-refractivity contribution >= 4 is 17.5 Å². The van der Waals surface area contributed by atoms with Gasteiger partial charge in [-0.3, -0.25) is 14.6 Å². The van der Waals surface area contributed by atoms with E-state index in [9.17, 15) is 9.59 Å². The number of carbonyl (C=O) groups is 2. The molecule has 1 unspecified atom stereocenters. The van der Waals surface area contributed by atoms with Crippen molar-refractivity contribution in [2.75, 3.05) is 11.9 Å². The largest absolute Gasteiger partial charge is 0.327 e. The van der Waals surface area contributed by atoms with Gasteiger partial charge in [-0.2, -0.15) is 0 Å². The molecule has 1 N–H and O–H groups in total. The quantitative estimate of drug-likeness (QED) is 0.948. The van der Waals surface area contributed by atoms with Gasteiger partial charge in [-0.15, -0.1) is 0 Å². The first kappa shape index (κ1) is 15.2. The molecule has 1 aromatic carbocycles. The van der Waals surface area contributed by atoms with Crippen LogP contribution >= 0.6 is 0 Å². The number of carbonyl (C=O) groups excluding carboxylic acids is 2. The first-order chi connectivity index (χ1) is 11.3. The highest BCUT2D eigenvalue weighted by molar-refractivity contribution is 6.01. The number of amides is 2. The molecule has 1 aromatic heterocycles. The number of nitrogens with one attached hydrogen (secondary N) is 1. The number of likely N-dealkylation sites (tertiary alicyclic amines) is 1. The fourth-order valence-corrected chi connectivity index (χ4v) is 2.85. The van der Waals surface area contributed by atoms with Gasteiger partial charge in [0.25, 0.3) is 5.91 Å². The van der Waals surface area contributed by atoms with Crippen LogP contribution in [0.4, 0.5) is 5.69 Å². The molecular formula is C18H19N3O2. The Morgan fingerprint density at radius 3 is 2.65 bits per heavy atom. The van der Waals surface area contributed by atoms with Crippen LogP contribution in [0.1, 0.15) is 29.6 Å². The number of anilines is 1. The van der Waals surface area contributed by atoms with Crippen LogP contribution in [-0.2, 0) is 4.79 Å². The van der Waals surface area contributed by atoms with Crippen molar-refractivity contribution < 1.29 is 9.59 Å². The van der Waals surface area contributed by atoms with E-state index in [2.05, 4.69) is 10.3 Å². The van der Waals surface area contributed by atoms with E-state index in [1.165, 1.54) is 0 Å². The molecule has 1 fully saturated rings. The lowest BCUT2D eigenvalue weighted by Gasteiger charge is -2.34. The van der Waals surface area contributed by atoms with Crippen molar-refractivity contribution in [3.8, 4) is 0 Å². The lowest BCUT2D eigenvalue weighted by Crippen LogP contribution is -2.50. The van der Waals surface area contributed by atoms with E-state index in [4.69, 9.17) is 0 Å². The van der Waals surface area contributed by atoms with E-state index in [1.54, 1.807) is 29.4 Å². The van der Waals surface area contributed by atoms with Crippen LogP contribution in [0.3, 0.4) is 0 Å². The third kappa shape index (κ3) is 3.56. The van der Waals surface area contributed by atoms with E-state index in [-0.39, 0.29) is 11.8 Å². The Hall–Kier alpha value is -2.69. The van der Waals surface area contributed by atoms with Gasteiger partial charge in [0.05, 0.1) is 5.56 Å².